The molecule has 1 unspecified atom stereocenters. The van der Waals surface area contributed by atoms with Gasteiger partial charge >= 0.3 is 0 Å². The second-order valence-corrected chi connectivity index (χ2v) is 7.67. The lowest BCUT2D eigenvalue weighted by Crippen LogP contribution is -2.55. The first kappa shape index (κ1) is 17.3. The lowest BCUT2D eigenvalue weighted by molar-refractivity contribution is 0.207. The molecule has 140 valence electrons. The van der Waals surface area contributed by atoms with Crippen molar-refractivity contribution in [2.45, 2.75) is 39.3 Å². The Labute approximate surface area is 155 Å². The topological polar surface area (TPSA) is 43.4 Å². The molecule has 2 aromatic rings. The van der Waals surface area contributed by atoms with Gasteiger partial charge in [-0.25, -0.2) is 4.39 Å². The Morgan fingerprint density at radius 2 is 2.00 bits per heavy atom. The van der Waals surface area contributed by atoms with Crippen molar-refractivity contribution < 1.29 is 5.82 Å². The predicted molar refractivity (Wildman–Crippen MR) is 105 cm³/mol. The first-order valence-corrected chi connectivity index (χ1v) is 9.57. The second-order valence-electron chi connectivity index (χ2n) is 7.67. The van der Waals surface area contributed by atoms with Gasteiger partial charge in [-0.1, -0.05) is 25.1 Å². The summed E-state index contributed by atoms with van der Waals surface area (Å²) >= 11 is 0. The molecule has 26 heavy (non-hydrogen) atoms. The SMILES string of the molecule is CC1CCN=c2[nH]cc(-c3ccccc3F)c2=C1N1C[C@@H](C)NC[C@@H]1C.[HH]. The highest BCUT2D eigenvalue weighted by atomic mass is 19.1. The van der Waals surface area contributed by atoms with E-state index in [1.54, 1.807) is 6.07 Å². The Morgan fingerprint density at radius 1 is 1.19 bits per heavy atom. The zero-order chi connectivity index (χ0) is 18.3. The van der Waals surface area contributed by atoms with Gasteiger partial charge in [0.05, 0.1) is 0 Å². The lowest BCUT2D eigenvalue weighted by atomic mass is 9.95. The van der Waals surface area contributed by atoms with Crippen LogP contribution in [0.4, 0.5) is 4.39 Å². The van der Waals surface area contributed by atoms with Crippen molar-refractivity contribution >= 4 is 5.70 Å². The molecule has 2 aliphatic heterocycles. The predicted octanol–water partition coefficient (Wildman–Crippen LogP) is 2.52. The third-order valence-corrected chi connectivity index (χ3v) is 5.65. The number of nitrogens with one attached hydrogen (secondary N) is 2. The molecule has 3 heterocycles. The number of nitrogens with zero attached hydrogens (tertiary/aromatic N) is 2. The van der Waals surface area contributed by atoms with Crippen LogP contribution in [-0.2, 0) is 0 Å². The molecule has 1 saturated heterocycles. The first-order chi connectivity index (χ1) is 12.6. The van der Waals surface area contributed by atoms with E-state index >= 15 is 0 Å². The molecule has 2 N–H and O–H groups in total. The molecule has 3 atom stereocenters. The molecule has 0 amide bonds. The molecule has 1 aromatic carbocycles. The average molecular weight is 356 g/mol. The maximum Gasteiger partial charge on any atom is 0.134 e. The molecule has 2 aliphatic rings. The summed E-state index contributed by atoms with van der Waals surface area (Å²) in [6.07, 6.45) is 2.93. The molecular weight excluding hydrogens is 327 g/mol. The summed E-state index contributed by atoms with van der Waals surface area (Å²) in [6.45, 7) is 9.48. The van der Waals surface area contributed by atoms with Gasteiger partial charge in [-0.15, -0.1) is 0 Å². The molecule has 1 aromatic heterocycles. The molecule has 0 spiro atoms. The molecule has 0 radical (unpaired) electrons. The van der Waals surface area contributed by atoms with E-state index in [1.807, 2.05) is 18.3 Å². The number of hydrogen-bond donors (Lipinski definition) is 2. The fraction of sp³-hybridized carbons (Fsp3) is 0.476. The minimum Gasteiger partial charge on any atom is -0.368 e. The molecule has 1 fully saturated rings. The van der Waals surface area contributed by atoms with Crippen molar-refractivity contribution in [3.05, 3.63) is 47.0 Å². The van der Waals surface area contributed by atoms with Gasteiger partial charge in [-0.3, -0.25) is 4.99 Å². The number of benzene rings is 1. The van der Waals surface area contributed by atoms with Gasteiger partial charge in [0.2, 0.25) is 0 Å². The molecular formula is C21H29FN4. The summed E-state index contributed by atoms with van der Waals surface area (Å²) in [7, 11) is 0. The monoisotopic (exact) mass is 356 g/mol. The number of fused-ring (bicyclic) bond motifs is 1. The third kappa shape index (κ3) is 2.94. The van der Waals surface area contributed by atoms with E-state index in [0.717, 1.165) is 42.3 Å². The highest BCUT2D eigenvalue weighted by Gasteiger charge is 2.29. The third-order valence-electron chi connectivity index (χ3n) is 5.65. The van der Waals surface area contributed by atoms with Gasteiger partial charge in [0.1, 0.15) is 11.3 Å². The van der Waals surface area contributed by atoms with Crippen molar-refractivity contribution in [2.24, 2.45) is 10.9 Å². The number of aromatic nitrogens is 1. The molecule has 5 heteroatoms. The highest BCUT2D eigenvalue weighted by Crippen LogP contribution is 2.27. The minimum absolute atomic E-state index is 0. The zero-order valence-electron chi connectivity index (χ0n) is 15.7. The average Bonchev–Trinajstić information content (AvgIpc) is 2.94. The number of hydrogen-bond acceptors (Lipinski definition) is 3. The largest absolute Gasteiger partial charge is 0.368 e. The second kappa shape index (κ2) is 6.88. The van der Waals surface area contributed by atoms with Crippen LogP contribution >= 0.6 is 0 Å². The van der Waals surface area contributed by atoms with Crippen molar-refractivity contribution in [1.29, 1.82) is 0 Å². The summed E-state index contributed by atoms with van der Waals surface area (Å²) in [6, 6.07) is 7.85. The van der Waals surface area contributed by atoms with E-state index in [0.29, 0.717) is 23.6 Å². The van der Waals surface area contributed by atoms with E-state index < -0.39 is 0 Å². The van der Waals surface area contributed by atoms with E-state index in [-0.39, 0.29) is 7.24 Å². The van der Waals surface area contributed by atoms with Gasteiger partial charge < -0.3 is 15.2 Å². The van der Waals surface area contributed by atoms with Crippen molar-refractivity contribution in [3.8, 4) is 11.1 Å². The van der Waals surface area contributed by atoms with Crippen molar-refractivity contribution in [2.75, 3.05) is 19.6 Å². The molecule has 4 nitrogen and oxygen atoms in total. The van der Waals surface area contributed by atoms with Crippen LogP contribution in [0.1, 0.15) is 28.6 Å². The van der Waals surface area contributed by atoms with Crippen LogP contribution in [0.15, 0.2) is 35.5 Å². The van der Waals surface area contributed by atoms with Gasteiger partial charge in [0.25, 0.3) is 0 Å². The zero-order valence-corrected chi connectivity index (χ0v) is 15.7. The molecule has 0 aliphatic carbocycles. The fourth-order valence-electron chi connectivity index (χ4n) is 4.23. The lowest BCUT2D eigenvalue weighted by Gasteiger charge is -2.42. The molecule has 0 saturated carbocycles. The van der Waals surface area contributed by atoms with E-state index in [9.17, 15) is 4.39 Å². The number of halogens is 1. The van der Waals surface area contributed by atoms with E-state index in [2.05, 4.69) is 36.0 Å². The van der Waals surface area contributed by atoms with Gasteiger partial charge in [-0.2, -0.15) is 0 Å². The molecule has 0 bridgehead atoms. The van der Waals surface area contributed by atoms with Crippen LogP contribution in [0.5, 0.6) is 0 Å². The summed E-state index contributed by atoms with van der Waals surface area (Å²) in [4.78, 5) is 10.6. The Balaban J connectivity index is 0.00000210. The minimum atomic E-state index is -0.188. The standard InChI is InChI=1S/C21H27FN4.H2/c1-13-8-9-23-21-19(20(13)26-12-14(2)24-10-15(26)3)17(11-25-21)16-6-4-5-7-18(16)22;/h4-7,11,13-15,24H,8-10,12H2,1-3H3,(H,23,25);1H/t13?,14-,15+;/m1./s1. The summed E-state index contributed by atoms with van der Waals surface area (Å²) in [5.41, 5.74) is 3.76. The summed E-state index contributed by atoms with van der Waals surface area (Å²) < 4.78 is 14.6. The number of aromatic amines is 1. The maximum absolute atomic E-state index is 14.6. The van der Waals surface area contributed by atoms with E-state index in [1.165, 1.54) is 11.8 Å². The van der Waals surface area contributed by atoms with Gasteiger partial charge in [0, 0.05) is 61.4 Å². The van der Waals surface area contributed by atoms with Crippen molar-refractivity contribution in [1.82, 2.24) is 15.2 Å². The van der Waals surface area contributed by atoms with Crippen LogP contribution in [0.3, 0.4) is 0 Å². The molecule has 4 rings (SSSR count). The van der Waals surface area contributed by atoms with Crippen LogP contribution in [0.25, 0.3) is 16.8 Å². The first-order valence-electron chi connectivity index (χ1n) is 9.57. The Bertz CT molecular complexity index is 923. The Kier molecular flexibility index (Phi) is 4.57. The van der Waals surface area contributed by atoms with Crippen LogP contribution < -0.4 is 16.0 Å². The highest BCUT2D eigenvalue weighted by molar-refractivity contribution is 5.68. The van der Waals surface area contributed by atoms with Crippen molar-refractivity contribution in [3.63, 3.8) is 0 Å². The van der Waals surface area contributed by atoms with E-state index in [4.69, 9.17) is 4.99 Å². The normalized spacial score (nSPS) is 26.2. The summed E-state index contributed by atoms with van der Waals surface area (Å²) in [5.74, 6) is 0.196. The Morgan fingerprint density at radius 3 is 2.81 bits per heavy atom. The maximum atomic E-state index is 14.6. The number of piperazine rings is 1. The Hall–Kier alpha value is -2.14. The fourth-order valence-corrected chi connectivity index (χ4v) is 4.23. The quantitative estimate of drug-likeness (QED) is 0.868. The number of H-pyrrole nitrogens is 1. The smallest absolute Gasteiger partial charge is 0.134 e. The van der Waals surface area contributed by atoms with Gasteiger partial charge in [0.15, 0.2) is 0 Å². The van der Waals surface area contributed by atoms with Crippen LogP contribution in [0.2, 0.25) is 0 Å². The summed E-state index contributed by atoms with van der Waals surface area (Å²) in [5, 5.41) is 4.64. The number of rotatable bonds is 2. The van der Waals surface area contributed by atoms with Crippen LogP contribution in [0, 0.1) is 11.7 Å². The van der Waals surface area contributed by atoms with Gasteiger partial charge in [-0.05, 0) is 32.3 Å². The van der Waals surface area contributed by atoms with Crippen LogP contribution in [-0.4, -0.2) is 41.6 Å².